The van der Waals surface area contributed by atoms with E-state index in [1.54, 1.807) is 0 Å². The molecule has 1 aromatic rings. The second-order valence-corrected chi connectivity index (χ2v) is 5.01. The molecule has 0 amide bonds. The average Bonchev–Trinajstić information content (AvgIpc) is 2.48. The number of hydrogen-bond donors (Lipinski definition) is 1. The summed E-state index contributed by atoms with van der Waals surface area (Å²) in [6.45, 7) is 1.31. The quantitative estimate of drug-likeness (QED) is 0.828. The molecule has 22 heavy (non-hydrogen) atoms. The van der Waals surface area contributed by atoms with Crippen LogP contribution in [0.5, 0.6) is 5.75 Å². The summed E-state index contributed by atoms with van der Waals surface area (Å²) in [7, 11) is 0. The predicted molar refractivity (Wildman–Crippen MR) is 75.7 cm³/mol. The summed E-state index contributed by atoms with van der Waals surface area (Å²) < 4.78 is 58.9. The van der Waals surface area contributed by atoms with Crippen molar-refractivity contribution in [1.82, 2.24) is 0 Å². The van der Waals surface area contributed by atoms with Crippen LogP contribution in [-0.2, 0) is 4.74 Å². The highest BCUT2D eigenvalue weighted by Gasteiger charge is 2.43. The van der Waals surface area contributed by atoms with E-state index in [1.165, 1.54) is 24.3 Å². The Morgan fingerprint density at radius 3 is 2.18 bits per heavy atom. The topological polar surface area (TPSA) is 44.5 Å². The van der Waals surface area contributed by atoms with Crippen molar-refractivity contribution in [1.29, 1.82) is 0 Å². The van der Waals surface area contributed by atoms with Gasteiger partial charge in [-0.3, -0.25) is 0 Å². The van der Waals surface area contributed by atoms with Gasteiger partial charge >= 0.3 is 12.5 Å². The first kappa shape index (κ1) is 19.0. The lowest BCUT2D eigenvalue weighted by Gasteiger charge is -2.28. The van der Waals surface area contributed by atoms with E-state index in [-0.39, 0.29) is 30.1 Å². The number of rotatable bonds is 5. The second-order valence-electron chi connectivity index (χ2n) is 5.01. The lowest BCUT2D eigenvalue weighted by molar-refractivity contribution is -0.253. The first-order valence-corrected chi connectivity index (χ1v) is 6.68. The average molecular weight is 344 g/mol. The van der Waals surface area contributed by atoms with Gasteiger partial charge in [0, 0.05) is 19.3 Å². The fourth-order valence-corrected chi connectivity index (χ4v) is 2.31. The van der Waals surface area contributed by atoms with Crippen molar-refractivity contribution in [2.45, 2.75) is 31.4 Å². The fourth-order valence-electron chi connectivity index (χ4n) is 2.31. The first-order valence-electron chi connectivity index (χ1n) is 6.68. The van der Waals surface area contributed by atoms with Gasteiger partial charge in [-0.25, -0.2) is 0 Å². The van der Waals surface area contributed by atoms with Gasteiger partial charge in [-0.05, 0) is 36.5 Å². The van der Waals surface area contributed by atoms with E-state index in [4.69, 9.17) is 10.5 Å². The zero-order chi connectivity index (χ0) is 15.5. The molecule has 0 unspecified atom stereocenters. The van der Waals surface area contributed by atoms with E-state index in [1.807, 2.05) is 0 Å². The highest BCUT2D eigenvalue weighted by Crippen LogP contribution is 2.31. The molecule has 0 aliphatic carbocycles. The molecule has 0 aromatic heterocycles. The highest BCUT2D eigenvalue weighted by atomic mass is 35.5. The van der Waals surface area contributed by atoms with Crippen LogP contribution in [0.15, 0.2) is 24.3 Å². The van der Waals surface area contributed by atoms with Crippen LogP contribution in [0.1, 0.15) is 24.4 Å². The first-order chi connectivity index (χ1) is 9.90. The van der Waals surface area contributed by atoms with Crippen LogP contribution in [0.3, 0.4) is 0 Å². The summed E-state index contributed by atoms with van der Waals surface area (Å²) in [6, 6.07) is 5.27. The minimum absolute atomic E-state index is 0. The van der Waals surface area contributed by atoms with Gasteiger partial charge in [-0.1, -0.05) is 12.1 Å². The van der Waals surface area contributed by atoms with Crippen LogP contribution in [0.25, 0.3) is 0 Å². The van der Waals surface area contributed by atoms with Crippen LogP contribution in [0.4, 0.5) is 17.6 Å². The Balaban J connectivity index is 0.00000242. The molecule has 0 saturated carbocycles. The smallest absolute Gasteiger partial charge is 0.428 e. The molecule has 1 aliphatic rings. The third-order valence-electron chi connectivity index (χ3n) is 3.55. The molecule has 1 heterocycles. The Bertz CT molecular complexity index is 453. The number of ether oxygens (including phenoxy) is 2. The van der Waals surface area contributed by atoms with Crippen LogP contribution in [0.2, 0.25) is 0 Å². The van der Waals surface area contributed by atoms with Gasteiger partial charge in [-0.2, -0.15) is 17.6 Å². The maximum atomic E-state index is 12.8. The van der Waals surface area contributed by atoms with Crippen molar-refractivity contribution in [3.63, 3.8) is 0 Å². The molecule has 1 fully saturated rings. The maximum Gasteiger partial charge on any atom is 0.461 e. The summed E-state index contributed by atoms with van der Waals surface area (Å²) in [5, 5.41) is 0. The Morgan fingerprint density at radius 2 is 1.68 bits per heavy atom. The van der Waals surface area contributed by atoms with E-state index in [9.17, 15) is 17.6 Å². The molecule has 1 saturated heterocycles. The summed E-state index contributed by atoms with van der Waals surface area (Å²) >= 11 is 0. The Labute approximate surface area is 132 Å². The third-order valence-corrected chi connectivity index (χ3v) is 3.55. The Morgan fingerprint density at radius 1 is 1.14 bits per heavy atom. The minimum atomic E-state index is -4.50. The van der Waals surface area contributed by atoms with E-state index >= 15 is 0 Å². The van der Waals surface area contributed by atoms with Gasteiger partial charge in [0.15, 0.2) is 0 Å². The molecule has 0 spiro atoms. The number of benzene rings is 1. The normalized spacial score (nSPS) is 17.9. The number of hydrogen-bond acceptors (Lipinski definition) is 3. The second kappa shape index (κ2) is 7.99. The molecule has 8 heteroatoms. The molecular weight excluding hydrogens is 326 g/mol. The van der Waals surface area contributed by atoms with Gasteiger partial charge in [0.1, 0.15) is 5.75 Å². The molecule has 1 aromatic carbocycles. The molecule has 1 aliphatic heterocycles. The molecule has 0 bridgehead atoms. The van der Waals surface area contributed by atoms with Crippen LogP contribution < -0.4 is 10.5 Å². The summed E-state index contributed by atoms with van der Waals surface area (Å²) in [5.74, 6) is -0.0590. The van der Waals surface area contributed by atoms with Gasteiger partial charge < -0.3 is 15.2 Å². The van der Waals surface area contributed by atoms with Crippen molar-refractivity contribution in [3.8, 4) is 5.75 Å². The van der Waals surface area contributed by atoms with E-state index in [2.05, 4.69) is 4.74 Å². The zero-order valence-corrected chi connectivity index (χ0v) is 12.5. The van der Waals surface area contributed by atoms with Crippen molar-refractivity contribution in [2.75, 3.05) is 13.2 Å². The maximum absolute atomic E-state index is 12.8. The largest absolute Gasteiger partial charge is 0.461 e. The molecule has 126 valence electrons. The molecular formula is C14H18ClF4NO2. The standard InChI is InChI=1S/C14H17F4NO2.ClH/c15-13(16)14(17,18)21-11-3-1-9(2-4-11)12(19)10-5-7-20-8-6-10;/h1-4,10,12-13H,5-8,19H2;1H/t12-;/m0./s1. The summed E-state index contributed by atoms with van der Waals surface area (Å²) in [4.78, 5) is 0. The van der Waals surface area contributed by atoms with Crippen molar-refractivity contribution in [2.24, 2.45) is 11.7 Å². The Kier molecular flexibility index (Phi) is 6.90. The monoisotopic (exact) mass is 343 g/mol. The highest BCUT2D eigenvalue weighted by molar-refractivity contribution is 5.85. The molecule has 2 N–H and O–H groups in total. The van der Waals surface area contributed by atoms with Crippen molar-refractivity contribution >= 4 is 12.4 Å². The summed E-state index contributed by atoms with van der Waals surface area (Å²) in [5.41, 5.74) is 6.89. The minimum Gasteiger partial charge on any atom is -0.428 e. The molecule has 2 rings (SSSR count). The third kappa shape index (κ3) is 4.72. The van der Waals surface area contributed by atoms with Gasteiger partial charge in [0.05, 0.1) is 0 Å². The molecule has 0 radical (unpaired) electrons. The van der Waals surface area contributed by atoms with Crippen LogP contribution >= 0.6 is 12.4 Å². The van der Waals surface area contributed by atoms with Gasteiger partial charge in [0.25, 0.3) is 0 Å². The zero-order valence-electron chi connectivity index (χ0n) is 11.7. The van der Waals surface area contributed by atoms with Crippen LogP contribution in [-0.4, -0.2) is 25.7 Å². The number of halogens is 5. The number of alkyl halides is 4. The van der Waals surface area contributed by atoms with Gasteiger partial charge in [-0.15, -0.1) is 12.4 Å². The molecule has 3 nitrogen and oxygen atoms in total. The Hall–Kier alpha value is -1.05. The molecule has 1 atom stereocenters. The number of nitrogens with two attached hydrogens (primary N) is 1. The fraction of sp³-hybridized carbons (Fsp3) is 0.571. The SMILES string of the molecule is Cl.N[C@@H](c1ccc(OC(F)(F)C(F)F)cc1)C1CCOCC1. The van der Waals surface area contributed by atoms with Crippen molar-refractivity contribution < 1.29 is 27.0 Å². The van der Waals surface area contributed by atoms with E-state index in [0.717, 1.165) is 18.4 Å². The lowest BCUT2D eigenvalue weighted by Crippen LogP contribution is -2.33. The van der Waals surface area contributed by atoms with Crippen molar-refractivity contribution in [3.05, 3.63) is 29.8 Å². The predicted octanol–water partition coefficient (Wildman–Crippen LogP) is 3.77. The van der Waals surface area contributed by atoms with E-state index < -0.39 is 12.5 Å². The van der Waals surface area contributed by atoms with Crippen LogP contribution in [0, 0.1) is 5.92 Å². The lowest BCUT2D eigenvalue weighted by atomic mass is 9.88. The van der Waals surface area contributed by atoms with E-state index in [0.29, 0.717) is 13.2 Å². The summed E-state index contributed by atoms with van der Waals surface area (Å²) in [6.07, 6.45) is -6.70. The van der Waals surface area contributed by atoms with Gasteiger partial charge in [0.2, 0.25) is 0 Å².